The fourth-order valence-electron chi connectivity index (χ4n) is 3.60. The number of hydrogen-bond acceptors (Lipinski definition) is 4. The van der Waals surface area contributed by atoms with E-state index >= 15 is 0 Å². The Balaban J connectivity index is 1.69. The molecule has 3 rings (SSSR count). The number of ether oxygens (including phenoxy) is 1. The molecule has 0 saturated carbocycles. The molecule has 0 aromatic heterocycles. The van der Waals surface area contributed by atoms with E-state index in [0.717, 1.165) is 22.4 Å². The van der Waals surface area contributed by atoms with Crippen molar-refractivity contribution in [2.24, 2.45) is 5.92 Å². The monoisotopic (exact) mass is 416 g/mol. The second-order valence-corrected chi connectivity index (χ2v) is 9.48. The summed E-state index contributed by atoms with van der Waals surface area (Å²) < 4.78 is 32.9. The van der Waals surface area contributed by atoms with E-state index in [1.165, 1.54) is 11.4 Å². The van der Waals surface area contributed by atoms with Gasteiger partial charge in [-0.1, -0.05) is 18.2 Å². The highest BCUT2D eigenvalue weighted by molar-refractivity contribution is 7.89. The Bertz CT molecular complexity index is 1010. The van der Waals surface area contributed by atoms with Crippen molar-refractivity contribution in [3.05, 3.63) is 53.1 Å². The van der Waals surface area contributed by atoms with Crippen LogP contribution in [0.1, 0.15) is 29.5 Å². The summed E-state index contributed by atoms with van der Waals surface area (Å²) in [5.74, 6) is 0.0787. The summed E-state index contributed by atoms with van der Waals surface area (Å²) in [6, 6.07) is 10.9. The summed E-state index contributed by atoms with van der Waals surface area (Å²) >= 11 is 0. The van der Waals surface area contributed by atoms with Crippen LogP contribution in [-0.4, -0.2) is 38.8 Å². The SMILES string of the molecule is COc1ccc(C)cc1S(=O)(=O)N1CCC(C(=O)Nc2cccc(C)c2C)CC1. The molecular formula is C22H28N2O4S. The number of carbonyl (C=O) groups is 1. The average Bonchev–Trinajstić information content (AvgIpc) is 2.71. The fourth-order valence-corrected chi connectivity index (χ4v) is 5.31. The van der Waals surface area contributed by atoms with Gasteiger partial charge in [-0.3, -0.25) is 4.79 Å². The van der Waals surface area contributed by atoms with Gasteiger partial charge in [-0.05, 0) is 68.5 Å². The van der Waals surface area contributed by atoms with Gasteiger partial charge in [0.05, 0.1) is 7.11 Å². The molecule has 1 aliphatic rings. The number of methoxy groups -OCH3 is 1. The average molecular weight is 417 g/mol. The van der Waals surface area contributed by atoms with Crippen molar-refractivity contribution < 1.29 is 17.9 Å². The third-order valence-electron chi connectivity index (χ3n) is 5.62. The van der Waals surface area contributed by atoms with Gasteiger partial charge in [-0.25, -0.2) is 8.42 Å². The van der Waals surface area contributed by atoms with Crippen LogP contribution < -0.4 is 10.1 Å². The zero-order valence-electron chi connectivity index (χ0n) is 17.4. The van der Waals surface area contributed by atoms with E-state index in [4.69, 9.17) is 4.74 Å². The molecule has 156 valence electrons. The van der Waals surface area contributed by atoms with Crippen molar-refractivity contribution in [3.8, 4) is 5.75 Å². The normalized spacial score (nSPS) is 15.9. The van der Waals surface area contributed by atoms with Crippen molar-refractivity contribution in [2.45, 2.75) is 38.5 Å². The predicted octanol–water partition coefficient (Wildman–Crippen LogP) is 3.66. The summed E-state index contributed by atoms with van der Waals surface area (Å²) in [5, 5.41) is 3.00. The maximum atomic E-state index is 13.1. The Kier molecular flexibility index (Phi) is 6.29. The Morgan fingerprint density at radius 2 is 1.79 bits per heavy atom. The number of hydrogen-bond donors (Lipinski definition) is 1. The molecule has 1 N–H and O–H groups in total. The molecule has 1 aliphatic heterocycles. The van der Waals surface area contributed by atoms with Gasteiger partial charge in [0.25, 0.3) is 0 Å². The van der Waals surface area contributed by atoms with Crippen LogP contribution in [0, 0.1) is 26.7 Å². The second kappa shape index (κ2) is 8.55. The van der Waals surface area contributed by atoms with Crippen molar-refractivity contribution in [1.29, 1.82) is 0 Å². The van der Waals surface area contributed by atoms with Crippen LogP contribution in [0.2, 0.25) is 0 Å². The van der Waals surface area contributed by atoms with Gasteiger partial charge in [-0.15, -0.1) is 0 Å². The Hall–Kier alpha value is -2.38. The molecule has 0 spiro atoms. The number of piperidine rings is 1. The smallest absolute Gasteiger partial charge is 0.246 e. The van der Waals surface area contributed by atoms with Gasteiger partial charge in [0.15, 0.2) is 0 Å². The van der Waals surface area contributed by atoms with Gasteiger partial charge < -0.3 is 10.1 Å². The van der Waals surface area contributed by atoms with E-state index in [1.807, 2.05) is 45.0 Å². The molecule has 0 unspecified atom stereocenters. The quantitative estimate of drug-likeness (QED) is 0.807. The standard InChI is InChI=1S/C22H28N2O4S/c1-15-8-9-20(28-4)21(14-15)29(26,27)24-12-10-18(11-13-24)22(25)23-19-7-5-6-16(2)17(19)3/h5-9,14,18H,10-13H2,1-4H3,(H,23,25). The Morgan fingerprint density at radius 3 is 2.45 bits per heavy atom. The number of carbonyl (C=O) groups excluding carboxylic acids is 1. The number of anilines is 1. The highest BCUT2D eigenvalue weighted by Gasteiger charge is 2.33. The summed E-state index contributed by atoms with van der Waals surface area (Å²) in [6.07, 6.45) is 0.980. The van der Waals surface area contributed by atoms with Gasteiger partial charge >= 0.3 is 0 Å². The van der Waals surface area contributed by atoms with Gasteiger partial charge in [-0.2, -0.15) is 4.31 Å². The van der Waals surface area contributed by atoms with Crippen LogP contribution in [0.5, 0.6) is 5.75 Å². The topological polar surface area (TPSA) is 75.7 Å². The van der Waals surface area contributed by atoms with E-state index in [2.05, 4.69) is 5.32 Å². The van der Waals surface area contributed by atoms with Gasteiger partial charge in [0.1, 0.15) is 10.6 Å². The highest BCUT2D eigenvalue weighted by atomic mass is 32.2. The lowest BCUT2D eigenvalue weighted by molar-refractivity contribution is -0.120. The van der Waals surface area contributed by atoms with Crippen molar-refractivity contribution in [1.82, 2.24) is 4.31 Å². The molecule has 1 amide bonds. The van der Waals surface area contributed by atoms with Gasteiger partial charge in [0.2, 0.25) is 15.9 Å². The predicted molar refractivity (Wildman–Crippen MR) is 114 cm³/mol. The molecule has 6 nitrogen and oxygen atoms in total. The first-order valence-electron chi connectivity index (χ1n) is 9.76. The zero-order chi connectivity index (χ0) is 21.2. The molecule has 0 atom stereocenters. The third kappa shape index (κ3) is 4.46. The molecular weight excluding hydrogens is 388 g/mol. The fraction of sp³-hybridized carbons (Fsp3) is 0.409. The zero-order valence-corrected chi connectivity index (χ0v) is 18.2. The van der Waals surface area contributed by atoms with Crippen LogP contribution >= 0.6 is 0 Å². The second-order valence-electron chi connectivity index (χ2n) is 7.57. The molecule has 1 heterocycles. The lowest BCUT2D eigenvalue weighted by Crippen LogP contribution is -2.41. The molecule has 2 aromatic carbocycles. The van der Waals surface area contributed by atoms with E-state index in [9.17, 15) is 13.2 Å². The van der Waals surface area contributed by atoms with Crippen molar-refractivity contribution in [3.63, 3.8) is 0 Å². The minimum Gasteiger partial charge on any atom is -0.495 e. The summed E-state index contributed by atoms with van der Waals surface area (Å²) in [4.78, 5) is 12.9. The van der Waals surface area contributed by atoms with E-state index in [0.29, 0.717) is 31.7 Å². The van der Waals surface area contributed by atoms with Crippen molar-refractivity contribution in [2.75, 3.05) is 25.5 Å². The van der Waals surface area contributed by atoms with E-state index < -0.39 is 10.0 Å². The molecule has 0 radical (unpaired) electrons. The maximum Gasteiger partial charge on any atom is 0.246 e. The maximum absolute atomic E-state index is 13.1. The minimum atomic E-state index is -3.67. The largest absolute Gasteiger partial charge is 0.495 e. The lowest BCUT2D eigenvalue weighted by atomic mass is 9.97. The Labute approximate surface area is 172 Å². The number of nitrogens with one attached hydrogen (secondary N) is 1. The summed E-state index contributed by atoms with van der Waals surface area (Å²) in [5.41, 5.74) is 3.84. The first-order valence-corrected chi connectivity index (χ1v) is 11.2. The molecule has 1 saturated heterocycles. The molecule has 2 aromatic rings. The van der Waals surface area contributed by atoms with Crippen molar-refractivity contribution >= 4 is 21.6 Å². The number of sulfonamides is 1. The summed E-state index contributed by atoms with van der Waals surface area (Å²) in [6.45, 7) is 6.46. The van der Waals surface area contributed by atoms with Crippen LogP contribution in [-0.2, 0) is 14.8 Å². The first kappa shape index (κ1) is 21.3. The Morgan fingerprint density at radius 1 is 1.10 bits per heavy atom. The number of nitrogens with zero attached hydrogens (tertiary/aromatic N) is 1. The lowest BCUT2D eigenvalue weighted by Gasteiger charge is -2.31. The van der Waals surface area contributed by atoms with Gasteiger partial charge in [0, 0.05) is 24.7 Å². The van der Waals surface area contributed by atoms with E-state index in [-0.39, 0.29) is 16.7 Å². The molecule has 29 heavy (non-hydrogen) atoms. The molecule has 0 bridgehead atoms. The minimum absolute atomic E-state index is 0.0520. The van der Waals surface area contributed by atoms with E-state index in [1.54, 1.807) is 12.1 Å². The number of amides is 1. The summed E-state index contributed by atoms with van der Waals surface area (Å²) in [7, 11) is -2.21. The van der Waals surface area contributed by atoms with Crippen LogP contribution in [0.4, 0.5) is 5.69 Å². The molecule has 1 fully saturated rings. The third-order valence-corrected chi connectivity index (χ3v) is 7.54. The number of rotatable bonds is 5. The first-order chi connectivity index (χ1) is 13.7. The van der Waals surface area contributed by atoms with Crippen LogP contribution in [0.25, 0.3) is 0 Å². The number of aryl methyl sites for hydroxylation is 2. The number of benzene rings is 2. The molecule has 7 heteroatoms. The highest BCUT2D eigenvalue weighted by Crippen LogP contribution is 2.31. The molecule has 0 aliphatic carbocycles. The van der Waals surface area contributed by atoms with Crippen LogP contribution in [0.15, 0.2) is 41.3 Å². The van der Waals surface area contributed by atoms with Crippen LogP contribution in [0.3, 0.4) is 0 Å².